The van der Waals surface area contributed by atoms with E-state index in [2.05, 4.69) is 4.90 Å². The molecule has 19 heavy (non-hydrogen) atoms. The number of hydrogen-bond acceptors (Lipinski definition) is 3. The first-order valence-electron chi connectivity index (χ1n) is 7.23. The van der Waals surface area contributed by atoms with Crippen LogP contribution in [0.4, 0.5) is 0 Å². The van der Waals surface area contributed by atoms with Gasteiger partial charge < -0.3 is 0 Å². The maximum Gasteiger partial charge on any atom is 0.186 e. The summed E-state index contributed by atoms with van der Waals surface area (Å²) in [5.74, 6) is 1.99. The maximum atomic E-state index is 12.2. The number of hydrogen-bond donors (Lipinski definition) is 0. The molecule has 2 aliphatic rings. The van der Waals surface area contributed by atoms with E-state index in [1.165, 1.54) is 43.4 Å². The highest BCUT2D eigenvalue weighted by molar-refractivity contribution is 7.18. The first-order chi connectivity index (χ1) is 9.22. The van der Waals surface area contributed by atoms with Crippen molar-refractivity contribution in [1.82, 2.24) is 4.90 Å². The summed E-state index contributed by atoms with van der Waals surface area (Å²) in [6, 6.07) is 3.66. The van der Waals surface area contributed by atoms with E-state index in [1.807, 2.05) is 12.1 Å². The Balaban J connectivity index is 1.57. The fraction of sp³-hybridized carbons (Fsp3) is 0.667. The minimum atomic E-state index is 0.228. The lowest BCUT2D eigenvalue weighted by Gasteiger charge is -2.41. The van der Waals surface area contributed by atoms with Crippen LogP contribution in [0.3, 0.4) is 0 Å². The Labute approximate surface area is 123 Å². The van der Waals surface area contributed by atoms with Gasteiger partial charge >= 0.3 is 0 Å². The van der Waals surface area contributed by atoms with Crippen LogP contribution in [0, 0.1) is 11.8 Å². The van der Waals surface area contributed by atoms with E-state index in [4.69, 9.17) is 11.6 Å². The average Bonchev–Trinajstić information content (AvgIpc) is 2.85. The number of carbonyl (C=O) groups is 1. The predicted molar refractivity (Wildman–Crippen MR) is 80.2 cm³/mol. The molecule has 1 saturated heterocycles. The molecule has 2 heterocycles. The van der Waals surface area contributed by atoms with Gasteiger partial charge in [-0.2, -0.15) is 0 Å². The first kappa shape index (κ1) is 13.6. The van der Waals surface area contributed by atoms with Crippen LogP contribution in [0.5, 0.6) is 0 Å². The molecule has 2 fully saturated rings. The highest BCUT2D eigenvalue weighted by Crippen LogP contribution is 2.36. The van der Waals surface area contributed by atoms with Crippen LogP contribution >= 0.6 is 22.9 Å². The topological polar surface area (TPSA) is 20.3 Å². The second-order valence-electron chi connectivity index (χ2n) is 5.86. The molecule has 1 aliphatic heterocycles. The van der Waals surface area contributed by atoms with E-state index < -0.39 is 0 Å². The van der Waals surface area contributed by atoms with Gasteiger partial charge in [0, 0.05) is 6.54 Å². The van der Waals surface area contributed by atoms with Crippen LogP contribution in [-0.2, 0) is 0 Å². The van der Waals surface area contributed by atoms with Crippen molar-refractivity contribution >= 4 is 28.7 Å². The largest absolute Gasteiger partial charge is 0.295 e. The lowest BCUT2D eigenvalue weighted by atomic mass is 9.75. The zero-order valence-electron chi connectivity index (χ0n) is 11.1. The van der Waals surface area contributed by atoms with Gasteiger partial charge in [-0.3, -0.25) is 9.69 Å². The van der Waals surface area contributed by atoms with Crippen molar-refractivity contribution in [1.29, 1.82) is 0 Å². The van der Waals surface area contributed by atoms with Gasteiger partial charge in [0.1, 0.15) is 0 Å². The van der Waals surface area contributed by atoms with E-state index in [0.29, 0.717) is 10.9 Å². The van der Waals surface area contributed by atoms with E-state index in [9.17, 15) is 4.79 Å². The van der Waals surface area contributed by atoms with Gasteiger partial charge in [0.25, 0.3) is 0 Å². The quantitative estimate of drug-likeness (QED) is 0.783. The molecule has 2 unspecified atom stereocenters. The lowest BCUT2D eigenvalue weighted by molar-refractivity contribution is 0.0715. The first-order valence-corrected chi connectivity index (χ1v) is 8.43. The molecular weight excluding hydrogens is 278 g/mol. The summed E-state index contributed by atoms with van der Waals surface area (Å²) in [6.07, 6.45) is 6.84. The van der Waals surface area contributed by atoms with Crippen molar-refractivity contribution in [2.75, 3.05) is 19.6 Å². The Hall–Kier alpha value is -0.380. The maximum absolute atomic E-state index is 12.2. The molecule has 4 heteroatoms. The Morgan fingerprint density at radius 2 is 2.05 bits per heavy atom. The molecule has 0 radical (unpaired) electrons. The molecule has 0 spiro atoms. The molecule has 0 aromatic carbocycles. The van der Waals surface area contributed by atoms with Crippen LogP contribution in [0.15, 0.2) is 12.1 Å². The number of nitrogens with zero attached hydrogens (tertiary/aromatic N) is 1. The Bertz CT molecular complexity index is 459. The average molecular weight is 298 g/mol. The van der Waals surface area contributed by atoms with Crippen molar-refractivity contribution in [2.24, 2.45) is 11.8 Å². The highest BCUT2D eigenvalue weighted by Gasteiger charge is 2.31. The Kier molecular flexibility index (Phi) is 4.25. The standard InChI is InChI=1S/C15H20ClNOS/c16-15-6-5-14(19-15)13(18)10-17-8-7-11-3-1-2-4-12(11)9-17/h5-6,11-12H,1-4,7-10H2. The van der Waals surface area contributed by atoms with Crippen molar-refractivity contribution in [3.63, 3.8) is 0 Å². The second kappa shape index (κ2) is 5.94. The summed E-state index contributed by atoms with van der Waals surface area (Å²) >= 11 is 7.29. The summed E-state index contributed by atoms with van der Waals surface area (Å²) in [4.78, 5) is 15.3. The number of rotatable bonds is 3. The summed E-state index contributed by atoms with van der Waals surface area (Å²) in [7, 11) is 0. The van der Waals surface area contributed by atoms with Crippen molar-refractivity contribution in [3.05, 3.63) is 21.3 Å². The SMILES string of the molecule is O=C(CN1CCC2CCCCC2C1)c1ccc(Cl)s1. The van der Waals surface area contributed by atoms with E-state index in [0.717, 1.165) is 29.8 Å². The number of thiophene rings is 1. The highest BCUT2D eigenvalue weighted by atomic mass is 35.5. The monoisotopic (exact) mass is 297 g/mol. The third kappa shape index (κ3) is 3.21. The zero-order valence-corrected chi connectivity index (χ0v) is 12.7. The van der Waals surface area contributed by atoms with Gasteiger partial charge in [-0.05, 0) is 43.4 Å². The summed E-state index contributed by atoms with van der Waals surface area (Å²) in [6.45, 7) is 2.78. The van der Waals surface area contributed by atoms with Crippen molar-refractivity contribution in [3.8, 4) is 0 Å². The smallest absolute Gasteiger partial charge is 0.186 e. The van der Waals surface area contributed by atoms with Gasteiger partial charge in [0.05, 0.1) is 15.8 Å². The third-order valence-corrected chi connectivity index (χ3v) is 5.86. The minimum absolute atomic E-state index is 0.228. The molecule has 1 aromatic heterocycles. The van der Waals surface area contributed by atoms with Gasteiger partial charge in [-0.1, -0.05) is 30.9 Å². The molecule has 104 valence electrons. The van der Waals surface area contributed by atoms with Gasteiger partial charge in [0.2, 0.25) is 0 Å². The van der Waals surface area contributed by atoms with E-state index >= 15 is 0 Å². The second-order valence-corrected chi connectivity index (χ2v) is 7.57. The molecular formula is C15H20ClNOS. The summed E-state index contributed by atoms with van der Waals surface area (Å²) < 4.78 is 0.703. The zero-order chi connectivity index (χ0) is 13.2. The van der Waals surface area contributed by atoms with Crippen LogP contribution in [0.2, 0.25) is 4.34 Å². The molecule has 0 N–H and O–H groups in total. The van der Waals surface area contributed by atoms with Gasteiger partial charge in [0.15, 0.2) is 5.78 Å². The summed E-state index contributed by atoms with van der Waals surface area (Å²) in [5.41, 5.74) is 0. The molecule has 1 aliphatic carbocycles. The number of Topliss-reactive ketones (excluding diaryl/α,β-unsaturated/α-hetero) is 1. The van der Waals surface area contributed by atoms with Crippen molar-refractivity contribution in [2.45, 2.75) is 32.1 Å². The normalized spacial score (nSPS) is 28.1. The number of fused-ring (bicyclic) bond motifs is 1. The van der Waals surface area contributed by atoms with Gasteiger partial charge in [-0.25, -0.2) is 0 Å². The molecule has 3 rings (SSSR count). The molecule has 0 amide bonds. The number of halogens is 1. The number of likely N-dealkylation sites (tertiary alicyclic amines) is 1. The fourth-order valence-electron chi connectivity index (χ4n) is 3.56. The summed E-state index contributed by atoms with van der Waals surface area (Å²) in [5, 5.41) is 0. The van der Waals surface area contributed by atoms with Crippen molar-refractivity contribution < 1.29 is 4.79 Å². The lowest BCUT2D eigenvalue weighted by Crippen LogP contribution is -2.43. The van der Waals surface area contributed by atoms with Crippen LogP contribution in [0.25, 0.3) is 0 Å². The Morgan fingerprint density at radius 1 is 1.26 bits per heavy atom. The molecule has 2 nitrogen and oxygen atoms in total. The van der Waals surface area contributed by atoms with E-state index in [1.54, 1.807) is 0 Å². The third-order valence-electron chi connectivity index (χ3n) is 4.59. The fourth-order valence-corrected chi connectivity index (χ4v) is 4.54. The van der Waals surface area contributed by atoms with Crippen LogP contribution < -0.4 is 0 Å². The van der Waals surface area contributed by atoms with Crippen LogP contribution in [0.1, 0.15) is 41.8 Å². The Morgan fingerprint density at radius 3 is 2.79 bits per heavy atom. The molecule has 2 atom stereocenters. The number of piperidine rings is 1. The van der Waals surface area contributed by atoms with Gasteiger partial charge in [-0.15, -0.1) is 11.3 Å². The number of ketones is 1. The molecule has 1 aromatic rings. The molecule has 1 saturated carbocycles. The molecule has 0 bridgehead atoms. The number of carbonyl (C=O) groups excluding carboxylic acids is 1. The predicted octanol–water partition coefficient (Wildman–Crippen LogP) is 4.10. The van der Waals surface area contributed by atoms with Crippen LogP contribution in [-0.4, -0.2) is 30.3 Å². The van der Waals surface area contributed by atoms with E-state index in [-0.39, 0.29) is 5.78 Å². The minimum Gasteiger partial charge on any atom is -0.295 e.